The van der Waals surface area contributed by atoms with Gasteiger partial charge in [-0.15, -0.1) is 31.2 Å². The summed E-state index contributed by atoms with van der Waals surface area (Å²) in [4.78, 5) is 31.6. The van der Waals surface area contributed by atoms with E-state index >= 15 is 0 Å². The maximum atomic E-state index is 11.4. The van der Waals surface area contributed by atoms with E-state index in [4.69, 9.17) is 11.4 Å². The molecule has 2 aliphatic heterocycles. The Kier molecular flexibility index (Phi) is 8.52. The van der Waals surface area contributed by atoms with Crippen molar-refractivity contribution in [3.63, 3.8) is 0 Å². The number of carboxylic acids is 1. The average Bonchev–Trinajstić information content (AvgIpc) is 3.05. The van der Waals surface area contributed by atoms with Crippen LogP contribution in [0.15, 0.2) is 65.0 Å². The Morgan fingerprint density at radius 1 is 1.27 bits per heavy atom. The first kappa shape index (κ1) is 25.8. The van der Waals surface area contributed by atoms with Crippen molar-refractivity contribution in [2.24, 2.45) is 4.99 Å². The number of carbonyl (C=O) groups is 2. The van der Waals surface area contributed by atoms with Gasteiger partial charge >= 0.3 is 5.97 Å². The maximum Gasteiger partial charge on any atom is 0.323 e. The molecule has 33 heavy (non-hydrogen) atoms. The molecule has 0 saturated heterocycles. The minimum Gasteiger partial charge on any atom is -0.480 e. The lowest BCUT2D eigenvalue weighted by molar-refractivity contribution is -0.137. The van der Waals surface area contributed by atoms with E-state index in [1.165, 1.54) is 0 Å². The molecular formula is C24H24Cl2N4O3. The molecule has 0 spiro atoms. The fourth-order valence-corrected chi connectivity index (χ4v) is 4.11. The van der Waals surface area contributed by atoms with Crippen molar-refractivity contribution < 1.29 is 14.7 Å². The molecule has 0 aromatic heterocycles. The predicted molar refractivity (Wildman–Crippen MR) is 133 cm³/mol. The van der Waals surface area contributed by atoms with Crippen LogP contribution in [0.4, 0.5) is 5.69 Å². The Hall–Kier alpha value is -3.47. The Labute approximate surface area is 205 Å². The third-order valence-electron chi connectivity index (χ3n) is 5.43. The molecule has 172 valence electrons. The van der Waals surface area contributed by atoms with Gasteiger partial charge in [0.1, 0.15) is 12.4 Å². The molecule has 0 saturated carbocycles. The summed E-state index contributed by atoms with van der Waals surface area (Å²) in [5, 5.41) is 12.1. The zero-order valence-electron chi connectivity index (χ0n) is 17.9. The molecule has 2 aliphatic rings. The second-order valence-electron chi connectivity index (χ2n) is 7.30. The third kappa shape index (κ3) is 4.82. The van der Waals surface area contributed by atoms with Gasteiger partial charge < -0.3 is 20.2 Å². The van der Waals surface area contributed by atoms with Crippen molar-refractivity contribution >= 4 is 48.6 Å². The predicted octanol–water partition coefficient (Wildman–Crippen LogP) is 3.22. The Morgan fingerprint density at radius 2 is 2.00 bits per heavy atom. The molecule has 0 aliphatic carbocycles. The van der Waals surface area contributed by atoms with Crippen LogP contribution >= 0.6 is 24.8 Å². The number of rotatable bonds is 6. The SMILES string of the molecule is C#Cc1ccc2c(c1)C(c1ccccc1)=NC(CC)C1=C(NC=O)N(CC(=O)O)CN12.Cl.Cl. The van der Waals surface area contributed by atoms with E-state index in [9.17, 15) is 14.7 Å². The molecule has 0 fully saturated rings. The molecule has 4 rings (SSSR count). The summed E-state index contributed by atoms with van der Waals surface area (Å²) in [6.07, 6.45) is 6.91. The highest BCUT2D eigenvalue weighted by molar-refractivity contribution is 6.17. The summed E-state index contributed by atoms with van der Waals surface area (Å²) < 4.78 is 0. The van der Waals surface area contributed by atoms with E-state index in [-0.39, 0.29) is 44.1 Å². The lowest BCUT2D eigenvalue weighted by Gasteiger charge is -2.25. The minimum atomic E-state index is -0.979. The Bertz CT molecular complexity index is 1140. The van der Waals surface area contributed by atoms with Gasteiger partial charge in [-0.05, 0) is 24.6 Å². The number of aliphatic carboxylic acids is 1. The van der Waals surface area contributed by atoms with E-state index < -0.39 is 5.97 Å². The minimum absolute atomic E-state index is 0. The molecule has 1 unspecified atom stereocenters. The van der Waals surface area contributed by atoms with Crippen LogP contribution in [-0.4, -0.2) is 47.4 Å². The quantitative estimate of drug-likeness (QED) is 0.483. The van der Waals surface area contributed by atoms with Gasteiger partial charge in [-0.3, -0.25) is 14.6 Å². The fourth-order valence-electron chi connectivity index (χ4n) is 4.11. The molecule has 0 radical (unpaired) electrons. The first-order valence-electron chi connectivity index (χ1n) is 10.00. The summed E-state index contributed by atoms with van der Waals surface area (Å²) in [5.74, 6) is 2.17. The number of amides is 1. The number of hydrogen-bond acceptors (Lipinski definition) is 5. The van der Waals surface area contributed by atoms with E-state index in [0.29, 0.717) is 18.7 Å². The van der Waals surface area contributed by atoms with Crippen molar-refractivity contribution in [2.75, 3.05) is 18.1 Å². The molecule has 0 bridgehead atoms. The van der Waals surface area contributed by atoms with Crippen molar-refractivity contribution in [2.45, 2.75) is 19.4 Å². The summed E-state index contributed by atoms with van der Waals surface area (Å²) >= 11 is 0. The number of carboxylic acid groups (broad SMARTS) is 1. The largest absolute Gasteiger partial charge is 0.480 e. The normalized spacial score (nSPS) is 16.2. The molecule has 1 amide bonds. The molecular weight excluding hydrogens is 463 g/mol. The van der Waals surface area contributed by atoms with Crippen LogP contribution in [0.1, 0.15) is 30.0 Å². The van der Waals surface area contributed by atoms with Crippen molar-refractivity contribution in [1.29, 1.82) is 0 Å². The van der Waals surface area contributed by atoms with Gasteiger partial charge in [-0.25, -0.2) is 0 Å². The van der Waals surface area contributed by atoms with Gasteiger partial charge in [0.05, 0.1) is 29.8 Å². The van der Waals surface area contributed by atoms with E-state index in [1.54, 1.807) is 4.90 Å². The van der Waals surface area contributed by atoms with E-state index in [2.05, 4.69) is 11.2 Å². The van der Waals surface area contributed by atoms with Crippen LogP contribution in [0.5, 0.6) is 0 Å². The highest BCUT2D eigenvalue weighted by atomic mass is 35.5. The highest BCUT2D eigenvalue weighted by Crippen LogP contribution is 2.39. The molecule has 2 aromatic carbocycles. The van der Waals surface area contributed by atoms with Crippen LogP contribution in [0, 0.1) is 12.3 Å². The number of anilines is 1. The van der Waals surface area contributed by atoms with Crippen LogP contribution in [0.3, 0.4) is 0 Å². The van der Waals surface area contributed by atoms with E-state index in [0.717, 1.165) is 33.8 Å². The van der Waals surface area contributed by atoms with Gasteiger partial charge in [0.25, 0.3) is 0 Å². The zero-order chi connectivity index (χ0) is 22.0. The molecule has 2 heterocycles. The molecule has 1 atom stereocenters. The monoisotopic (exact) mass is 486 g/mol. The maximum absolute atomic E-state index is 11.4. The Balaban J connectivity index is 0.00000193. The molecule has 2 aromatic rings. The second-order valence-corrected chi connectivity index (χ2v) is 7.30. The number of aliphatic imine (C=N–C) groups is 1. The summed E-state index contributed by atoms with van der Waals surface area (Å²) in [6.45, 7) is 2.07. The van der Waals surface area contributed by atoms with Gasteiger partial charge in [0.2, 0.25) is 6.41 Å². The van der Waals surface area contributed by atoms with Crippen molar-refractivity contribution in [3.05, 3.63) is 76.7 Å². The van der Waals surface area contributed by atoms with Crippen molar-refractivity contribution in [1.82, 2.24) is 10.2 Å². The van der Waals surface area contributed by atoms with Crippen LogP contribution < -0.4 is 10.2 Å². The topological polar surface area (TPSA) is 85.2 Å². The second kappa shape index (κ2) is 10.9. The molecule has 9 heteroatoms. The van der Waals surface area contributed by atoms with Gasteiger partial charge in [-0.2, -0.15) is 0 Å². The van der Waals surface area contributed by atoms with Gasteiger partial charge in [-0.1, -0.05) is 43.2 Å². The number of terminal acetylenes is 1. The standard InChI is InChI=1S/C24H22N4O3.2ClH/c1-3-16-10-11-20-18(12-16)22(17-8-6-5-7-9-17)26-19(4-2)23-24(25-14-29)27(13-21(30)31)15-28(20)23;;/h1,5-12,14,19H,4,13,15H2,2H3,(H,25,29)(H,30,31);2*1H. The number of halogens is 2. The fraction of sp³-hybridized carbons (Fsp3) is 0.208. The van der Waals surface area contributed by atoms with Crippen molar-refractivity contribution in [3.8, 4) is 12.3 Å². The van der Waals surface area contributed by atoms with Crippen LogP contribution in [-0.2, 0) is 9.59 Å². The smallest absolute Gasteiger partial charge is 0.323 e. The molecule has 7 nitrogen and oxygen atoms in total. The first-order chi connectivity index (χ1) is 15.1. The lowest BCUT2D eigenvalue weighted by atomic mass is 9.98. The summed E-state index contributed by atoms with van der Waals surface area (Å²) in [5.41, 5.74) is 5.03. The third-order valence-corrected chi connectivity index (χ3v) is 5.43. The number of carbonyl (C=O) groups excluding carboxylic acids is 1. The average molecular weight is 487 g/mol. The lowest BCUT2D eigenvalue weighted by Crippen LogP contribution is -2.35. The summed E-state index contributed by atoms with van der Waals surface area (Å²) in [7, 11) is 0. The highest BCUT2D eigenvalue weighted by Gasteiger charge is 2.38. The van der Waals surface area contributed by atoms with Crippen LogP contribution in [0.25, 0.3) is 0 Å². The molecule has 2 N–H and O–H groups in total. The first-order valence-corrected chi connectivity index (χ1v) is 10.00. The Morgan fingerprint density at radius 3 is 2.61 bits per heavy atom. The zero-order valence-corrected chi connectivity index (χ0v) is 19.5. The van der Waals surface area contributed by atoms with Crippen LogP contribution in [0.2, 0.25) is 0 Å². The number of fused-ring (bicyclic) bond motifs is 3. The van der Waals surface area contributed by atoms with Gasteiger partial charge in [0, 0.05) is 16.7 Å². The van der Waals surface area contributed by atoms with Gasteiger partial charge in [0.15, 0.2) is 0 Å². The number of nitrogens with zero attached hydrogens (tertiary/aromatic N) is 3. The number of hydrogen-bond donors (Lipinski definition) is 2. The summed E-state index contributed by atoms with van der Waals surface area (Å²) in [6, 6.07) is 15.3. The van der Waals surface area contributed by atoms with E-state index in [1.807, 2.05) is 60.4 Å². The number of nitrogens with one attached hydrogen (secondary N) is 1. The number of benzene rings is 2.